The maximum atomic E-state index is 12.2. The van der Waals surface area contributed by atoms with Crippen molar-refractivity contribution >= 4 is 58.4 Å². The van der Waals surface area contributed by atoms with Crippen molar-refractivity contribution in [3.63, 3.8) is 0 Å². The first-order valence-electron chi connectivity index (χ1n) is 11.2. The molecule has 1 amide bonds. The van der Waals surface area contributed by atoms with Crippen LogP contribution in [0.2, 0.25) is 10.0 Å². The van der Waals surface area contributed by atoms with Gasteiger partial charge in [0, 0.05) is 21.2 Å². The summed E-state index contributed by atoms with van der Waals surface area (Å²) in [6.07, 6.45) is 1.55. The fourth-order valence-electron chi connectivity index (χ4n) is 3.09. The van der Waals surface area contributed by atoms with Crippen molar-refractivity contribution in [1.29, 1.82) is 0 Å². The van der Waals surface area contributed by atoms with E-state index in [4.69, 9.17) is 32.7 Å². The monoisotopic (exact) mass is 572 g/mol. The van der Waals surface area contributed by atoms with Crippen LogP contribution in [-0.4, -0.2) is 34.7 Å². The molecule has 0 saturated carbocycles. The lowest BCUT2D eigenvalue weighted by Crippen LogP contribution is -2.19. The second-order valence-corrected chi connectivity index (χ2v) is 10.5. The second-order valence-electron chi connectivity index (χ2n) is 7.48. The first kappa shape index (κ1) is 26.9. The Morgan fingerprint density at radius 2 is 1.89 bits per heavy atom. The molecule has 1 N–H and O–H groups in total. The quantitative estimate of drug-likeness (QED) is 0.122. The van der Waals surface area contributed by atoms with Crippen LogP contribution in [0.15, 0.2) is 76.2 Å². The zero-order valence-electron chi connectivity index (χ0n) is 19.7. The predicted octanol–water partition coefficient (Wildman–Crippen LogP) is 6.73. The Hall–Kier alpha value is -3.11. The zero-order chi connectivity index (χ0) is 26.0. The number of hydrogen-bond donors (Lipinski definition) is 1. The summed E-state index contributed by atoms with van der Waals surface area (Å²) in [6.45, 7) is 2.61. The Morgan fingerprint density at radius 1 is 1.05 bits per heavy atom. The molecule has 0 aliphatic rings. The molecule has 0 spiro atoms. The lowest BCUT2D eigenvalue weighted by atomic mass is 10.2. The third-order valence-electron chi connectivity index (χ3n) is 4.82. The average Bonchev–Trinajstić information content (AvgIpc) is 3.38. The maximum absolute atomic E-state index is 12.2. The first-order chi connectivity index (χ1) is 18.0. The molecule has 0 aliphatic carbocycles. The topological polar surface area (TPSA) is 85.7 Å². The van der Waals surface area contributed by atoms with E-state index in [2.05, 4.69) is 20.7 Å². The average molecular weight is 574 g/mol. The van der Waals surface area contributed by atoms with Gasteiger partial charge in [-0.3, -0.25) is 4.79 Å². The molecule has 3 aromatic carbocycles. The van der Waals surface area contributed by atoms with Gasteiger partial charge in [-0.2, -0.15) is 5.10 Å². The maximum Gasteiger partial charge on any atom is 0.250 e. The Kier molecular flexibility index (Phi) is 9.78. The van der Waals surface area contributed by atoms with E-state index in [1.165, 1.54) is 23.1 Å². The van der Waals surface area contributed by atoms with E-state index < -0.39 is 0 Å². The molecule has 0 bridgehead atoms. The van der Waals surface area contributed by atoms with Gasteiger partial charge in [0.25, 0.3) is 5.91 Å². The molecule has 7 nitrogen and oxygen atoms in total. The Labute approximate surface area is 232 Å². The van der Waals surface area contributed by atoms with Gasteiger partial charge in [0.05, 0.1) is 18.6 Å². The van der Waals surface area contributed by atoms with E-state index in [0.29, 0.717) is 28.2 Å². The molecule has 0 atom stereocenters. The molecule has 37 heavy (non-hydrogen) atoms. The number of nitrogens with one attached hydrogen (secondary N) is 1. The van der Waals surface area contributed by atoms with Crippen LogP contribution < -0.4 is 14.9 Å². The van der Waals surface area contributed by atoms with Crippen LogP contribution in [0.1, 0.15) is 18.1 Å². The summed E-state index contributed by atoms with van der Waals surface area (Å²) in [5, 5.41) is 14.3. The van der Waals surface area contributed by atoms with Crippen LogP contribution in [0, 0.1) is 0 Å². The third kappa shape index (κ3) is 7.93. The van der Waals surface area contributed by atoms with Gasteiger partial charge in [-0.05, 0) is 42.8 Å². The number of hydrogen-bond acceptors (Lipinski definition) is 8. The Balaban J connectivity index is 1.30. The fourth-order valence-corrected chi connectivity index (χ4v) is 5.20. The Bertz CT molecular complexity index is 1380. The minimum Gasteiger partial charge on any atom is -0.490 e. The lowest BCUT2D eigenvalue weighted by Gasteiger charge is -2.13. The Morgan fingerprint density at radius 3 is 2.68 bits per heavy atom. The zero-order valence-corrected chi connectivity index (χ0v) is 22.8. The summed E-state index contributed by atoms with van der Waals surface area (Å²) < 4.78 is 12.4. The fraction of sp³-hybridized carbons (Fsp3) is 0.154. The van der Waals surface area contributed by atoms with Gasteiger partial charge in [-0.15, -0.1) is 10.2 Å². The number of benzene rings is 3. The van der Waals surface area contributed by atoms with Gasteiger partial charge in [0.1, 0.15) is 11.6 Å². The standard InChI is InChI=1S/C26H22Cl2N4O3S2/c1-2-34-23-12-17(8-11-22(23)35-15-19-9-10-20(27)13-21(19)28)14-29-30-24(33)16-36-26-32-31-25(37-26)18-6-4-3-5-7-18/h3-14H,2,15-16H2,1H3,(H,30,33). The van der Waals surface area contributed by atoms with Gasteiger partial charge < -0.3 is 9.47 Å². The number of carbonyl (C=O) groups is 1. The van der Waals surface area contributed by atoms with Crippen molar-refractivity contribution in [3.8, 4) is 22.1 Å². The normalized spacial score (nSPS) is 11.0. The number of carbonyl (C=O) groups excluding carboxylic acids is 1. The van der Waals surface area contributed by atoms with E-state index >= 15 is 0 Å². The number of thioether (sulfide) groups is 1. The highest BCUT2D eigenvalue weighted by atomic mass is 35.5. The number of hydrazone groups is 1. The predicted molar refractivity (Wildman–Crippen MR) is 150 cm³/mol. The van der Waals surface area contributed by atoms with Crippen molar-refractivity contribution < 1.29 is 14.3 Å². The summed E-state index contributed by atoms with van der Waals surface area (Å²) in [7, 11) is 0. The summed E-state index contributed by atoms with van der Waals surface area (Å²) in [5.74, 6) is 1.05. The van der Waals surface area contributed by atoms with Gasteiger partial charge >= 0.3 is 0 Å². The van der Waals surface area contributed by atoms with Gasteiger partial charge in [0.15, 0.2) is 15.8 Å². The molecule has 0 saturated heterocycles. The largest absolute Gasteiger partial charge is 0.490 e. The van der Waals surface area contributed by atoms with E-state index in [-0.39, 0.29) is 18.3 Å². The van der Waals surface area contributed by atoms with Crippen molar-refractivity contribution in [2.45, 2.75) is 17.9 Å². The van der Waals surface area contributed by atoms with Crippen LogP contribution in [-0.2, 0) is 11.4 Å². The van der Waals surface area contributed by atoms with Crippen LogP contribution in [0.5, 0.6) is 11.5 Å². The first-order valence-corrected chi connectivity index (χ1v) is 13.7. The van der Waals surface area contributed by atoms with E-state index in [1.54, 1.807) is 30.5 Å². The molecular formula is C26H22Cl2N4O3S2. The van der Waals surface area contributed by atoms with Crippen molar-refractivity contribution in [2.75, 3.05) is 12.4 Å². The second kappa shape index (κ2) is 13.4. The molecule has 1 heterocycles. The van der Waals surface area contributed by atoms with E-state index in [0.717, 1.165) is 26.0 Å². The van der Waals surface area contributed by atoms with E-state index in [1.807, 2.05) is 49.4 Å². The number of amides is 1. The third-order valence-corrected chi connectivity index (χ3v) is 7.52. The molecule has 0 unspecified atom stereocenters. The molecule has 190 valence electrons. The molecule has 4 aromatic rings. The minimum absolute atomic E-state index is 0.172. The van der Waals surface area contributed by atoms with Crippen molar-refractivity contribution in [1.82, 2.24) is 15.6 Å². The summed E-state index contributed by atoms with van der Waals surface area (Å²) >= 11 is 14.9. The SMILES string of the molecule is CCOc1cc(C=NNC(=O)CSc2nnc(-c3ccccc3)s2)ccc1OCc1ccc(Cl)cc1Cl. The number of halogens is 2. The number of ether oxygens (including phenoxy) is 2. The van der Waals surface area contributed by atoms with Crippen LogP contribution in [0.3, 0.4) is 0 Å². The highest BCUT2D eigenvalue weighted by Gasteiger charge is 2.10. The smallest absolute Gasteiger partial charge is 0.250 e. The molecule has 1 aromatic heterocycles. The lowest BCUT2D eigenvalue weighted by molar-refractivity contribution is -0.118. The molecule has 0 aliphatic heterocycles. The van der Waals surface area contributed by atoms with Gasteiger partial charge in [0.2, 0.25) is 0 Å². The van der Waals surface area contributed by atoms with Crippen LogP contribution in [0.25, 0.3) is 10.6 Å². The van der Waals surface area contributed by atoms with Crippen LogP contribution >= 0.6 is 46.3 Å². The van der Waals surface area contributed by atoms with E-state index in [9.17, 15) is 4.79 Å². The van der Waals surface area contributed by atoms with Gasteiger partial charge in [-0.25, -0.2) is 5.43 Å². The summed E-state index contributed by atoms with van der Waals surface area (Å²) in [5.41, 5.74) is 5.08. The number of rotatable bonds is 11. The number of nitrogens with zero attached hydrogens (tertiary/aromatic N) is 3. The molecular weight excluding hydrogens is 551 g/mol. The molecule has 11 heteroatoms. The van der Waals surface area contributed by atoms with Crippen molar-refractivity contribution in [2.24, 2.45) is 5.10 Å². The highest BCUT2D eigenvalue weighted by molar-refractivity contribution is 8.01. The summed E-state index contributed by atoms with van der Waals surface area (Å²) in [4.78, 5) is 12.2. The molecule has 0 fully saturated rings. The minimum atomic E-state index is -0.248. The summed E-state index contributed by atoms with van der Waals surface area (Å²) in [6, 6.07) is 20.4. The highest BCUT2D eigenvalue weighted by Crippen LogP contribution is 2.31. The van der Waals surface area contributed by atoms with Crippen LogP contribution in [0.4, 0.5) is 0 Å². The molecule has 0 radical (unpaired) electrons. The van der Waals surface area contributed by atoms with Crippen molar-refractivity contribution in [3.05, 3.63) is 87.9 Å². The number of aromatic nitrogens is 2. The molecule has 4 rings (SSSR count). The van der Waals surface area contributed by atoms with Gasteiger partial charge in [-0.1, -0.05) is 82.7 Å².